The van der Waals surface area contributed by atoms with Gasteiger partial charge in [0.1, 0.15) is 12.2 Å². The van der Waals surface area contributed by atoms with E-state index in [1.807, 2.05) is 25.3 Å². The van der Waals surface area contributed by atoms with Gasteiger partial charge in [0.05, 0.1) is 5.75 Å². The van der Waals surface area contributed by atoms with Gasteiger partial charge in [-0.05, 0) is 20.8 Å². The summed E-state index contributed by atoms with van der Waals surface area (Å²) in [5.74, 6) is 0.627. The van der Waals surface area contributed by atoms with Gasteiger partial charge >= 0.3 is 5.97 Å². The number of ether oxygens (including phenoxy) is 2. The third-order valence-electron chi connectivity index (χ3n) is 2.12. The van der Waals surface area contributed by atoms with Gasteiger partial charge in [-0.1, -0.05) is 17.8 Å². The molecule has 0 radical (unpaired) electrons. The lowest BCUT2D eigenvalue weighted by atomic mass is 10.2. The molecule has 1 aromatic rings. The van der Waals surface area contributed by atoms with Crippen molar-refractivity contribution in [1.82, 2.24) is 14.8 Å². The molecule has 1 rings (SSSR count). The van der Waals surface area contributed by atoms with Crippen LogP contribution in [0.25, 0.3) is 0 Å². The van der Waals surface area contributed by atoms with Crippen LogP contribution in [0.4, 0.5) is 0 Å². The fourth-order valence-electron chi connectivity index (χ4n) is 1.47. The molecule has 0 aliphatic rings. The predicted molar refractivity (Wildman–Crippen MR) is 77.5 cm³/mol. The minimum absolute atomic E-state index is 0.194. The van der Waals surface area contributed by atoms with E-state index < -0.39 is 5.60 Å². The monoisotopic (exact) mass is 299 g/mol. The minimum Gasteiger partial charge on any atom is -0.459 e. The number of carbonyl (C=O) groups excluding carboxylic acids is 1. The summed E-state index contributed by atoms with van der Waals surface area (Å²) < 4.78 is 12.2. The number of allylic oxidation sites excluding steroid dienone is 1. The zero-order chi connectivity index (χ0) is 15.2. The largest absolute Gasteiger partial charge is 0.459 e. The number of rotatable bonds is 7. The van der Waals surface area contributed by atoms with Gasteiger partial charge in [-0.15, -0.1) is 16.8 Å². The molecular formula is C13H21N3O3S. The van der Waals surface area contributed by atoms with Crippen LogP contribution in [0.2, 0.25) is 0 Å². The molecule has 6 nitrogen and oxygen atoms in total. The molecule has 1 aromatic heterocycles. The van der Waals surface area contributed by atoms with Crippen LogP contribution in [0, 0.1) is 0 Å². The first-order chi connectivity index (χ1) is 9.37. The van der Waals surface area contributed by atoms with Crippen molar-refractivity contribution in [3.05, 3.63) is 18.5 Å². The summed E-state index contributed by atoms with van der Waals surface area (Å²) in [7, 11) is 1.60. The average molecular weight is 299 g/mol. The second kappa shape index (κ2) is 7.44. The summed E-state index contributed by atoms with van der Waals surface area (Å²) in [6.07, 6.45) is 1.75. The van der Waals surface area contributed by atoms with E-state index in [-0.39, 0.29) is 11.7 Å². The van der Waals surface area contributed by atoms with Gasteiger partial charge in [0.2, 0.25) is 0 Å². The molecule has 0 atom stereocenters. The molecule has 0 aromatic carbocycles. The number of carbonyl (C=O) groups is 1. The van der Waals surface area contributed by atoms with Gasteiger partial charge in [-0.3, -0.25) is 4.79 Å². The molecule has 7 heteroatoms. The fraction of sp³-hybridized carbons (Fsp3) is 0.615. The van der Waals surface area contributed by atoms with Crippen molar-refractivity contribution < 1.29 is 14.3 Å². The molecular weight excluding hydrogens is 278 g/mol. The van der Waals surface area contributed by atoms with Crippen LogP contribution < -0.4 is 0 Å². The molecule has 0 saturated carbocycles. The Morgan fingerprint density at radius 2 is 2.15 bits per heavy atom. The number of aromatic nitrogens is 3. The normalized spacial score (nSPS) is 11.4. The quantitative estimate of drug-likeness (QED) is 0.436. The molecule has 20 heavy (non-hydrogen) atoms. The summed E-state index contributed by atoms with van der Waals surface area (Å²) in [4.78, 5) is 11.7. The van der Waals surface area contributed by atoms with Crippen molar-refractivity contribution in [2.75, 3.05) is 12.9 Å². The Balaban J connectivity index is 2.67. The van der Waals surface area contributed by atoms with E-state index in [2.05, 4.69) is 16.8 Å². The Bertz CT molecular complexity index is 466. The minimum atomic E-state index is -0.479. The lowest BCUT2D eigenvalue weighted by Crippen LogP contribution is -2.25. The van der Waals surface area contributed by atoms with Crippen LogP contribution in [-0.2, 0) is 27.4 Å². The first kappa shape index (κ1) is 16.7. The van der Waals surface area contributed by atoms with Crippen molar-refractivity contribution in [3.8, 4) is 0 Å². The number of methoxy groups -OCH3 is 1. The van der Waals surface area contributed by atoms with Gasteiger partial charge in [0.15, 0.2) is 11.0 Å². The smallest absolute Gasteiger partial charge is 0.316 e. The van der Waals surface area contributed by atoms with E-state index in [9.17, 15) is 4.79 Å². The number of hydrogen-bond acceptors (Lipinski definition) is 6. The first-order valence-electron chi connectivity index (χ1n) is 6.24. The van der Waals surface area contributed by atoms with Crippen LogP contribution in [0.5, 0.6) is 0 Å². The van der Waals surface area contributed by atoms with Crippen molar-refractivity contribution in [3.63, 3.8) is 0 Å². The Morgan fingerprint density at radius 1 is 1.45 bits per heavy atom. The van der Waals surface area contributed by atoms with Crippen LogP contribution in [0.1, 0.15) is 26.6 Å². The van der Waals surface area contributed by atoms with E-state index in [1.54, 1.807) is 13.2 Å². The van der Waals surface area contributed by atoms with E-state index in [4.69, 9.17) is 9.47 Å². The maximum atomic E-state index is 11.7. The van der Waals surface area contributed by atoms with Gasteiger partial charge < -0.3 is 14.0 Å². The maximum Gasteiger partial charge on any atom is 0.316 e. The van der Waals surface area contributed by atoms with E-state index >= 15 is 0 Å². The van der Waals surface area contributed by atoms with E-state index in [0.717, 1.165) is 0 Å². The molecule has 0 unspecified atom stereocenters. The highest BCUT2D eigenvalue weighted by Gasteiger charge is 2.18. The Kier molecular flexibility index (Phi) is 6.22. The number of thioether (sulfide) groups is 1. The number of nitrogens with zero attached hydrogens (tertiary/aromatic N) is 3. The lowest BCUT2D eigenvalue weighted by molar-refractivity contribution is -0.151. The zero-order valence-electron chi connectivity index (χ0n) is 12.4. The van der Waals surface area contributed by atoms with Crippen molar-refractivity contribution in [2.24, 2.45) is 0 Å². The SMILES string of the molecule is C=CCn1c(COC)nnc1SCC(=O)OC(C)(C)C. The van der Waals surface area contributed by atoms with Crippen LogP contribution in [-0.4, -0.2) is 39.2 Å². The van der Waals surface area contributed by atoms with Crippen molar-refractivity contribution >= 4 is 17.7 Å². The highest BCUT2D eigenvalue weighted by molar-refractivity contribution is 7.99. The molecule has 0 N–H and O–H groups in total. The van der Waals surface area contributed by atoms with Gasteiger partial charge in [-0.25, -0.2) is 0 Å². The standard InChI is InChI=1S/C13H21N3O3S/c1-6-7-16-10(8-18-5)14-15-12(16)20-9-11(17)19-13(2,3)4/h6H,1,7-9H2,2-5H3. The summed E-state index contributed by atoms with van der Waals surface area (Å²) in [6, 6.07) is 0. The molecule has 0 fully saturated rings. The highest BCUT2D eigenvalue weighted by atomic mass is 32.2. The first-order valence-corrected chi connectivity index (χ1v) is 7.22. The van der Waals surface area contributed by atoms with E-state index in [1.165, 1.54) is 11.8 Å². The number of hydrogen-bond donors (Lipinski definition) is 0. The molecule has 0 bridgehead atoms. The lowest BCUT2D eigenvalue weighted by Gasteiger charge is -2.19. The molecule has 1 heterocycles. The van der Waals surface area contributed by atoms with Crippen molar-refractivity contribution in [1.29, 1.82) is 0 Å². The molecule has 0 spiro atoms. The molecule has 112 valence electrons. The third-order valence-corrected chi connectivity index (χ3v) is 3.06. The fourth-order valence-corrected chi connectivity index (χ4v) is 2.21. The van der Waals surface area contributed by atoms with Crippen LogP contribution in [0.15, 0.2) is 17.8 Å². The molecule has 0 saturated heterocycles. The average Bonchev–Trinajstić information content (AvgIpc) is 2.69. The summed E-state index contributed by atoms with van der Waals surface area (Å²) >= 11 is 1.29. The third kappa shape index (κ3) is 5.34. The summed E-state index contributed by atoms with van der Waals surface area (Å²) in [5.41, 5.74) is -0.479. The summed E-state index contributed by atoms with van der Waals surface area (Å²) in [5, 5.41) is 8.76. The van der Waals surface area contributed by atoms with Gasteiger partial charge in [0, 0.05) is 13.7 Å². The second-order valence-corrected chi connectivity index (χ2v) is 6.05. The topological polar surface area (TPSA) is 66.2 Å². The van der Waals surface area contributed by atoms with Gasteiger partial charge in [-0.2, -0.15) is 0 Å². The maximum absolute atomic E-state index is 11.7. The predicted octanol–water partition coefficient (Wildman–Crippen LogP) is 2.04. The van der Waals surface area contributed by atoms with Crippen LogP contribution >= 0.6 is 11.8 Å². The van der Waals surface area contributed by atoms with Crippen LogP contribution in [0.3, 0.4) is 0 Å². The zero-order valence-corrected chi connectivity index (χ0v) is 13.2. The molecule has 0 amide bonds. The number of esters is 1. The Morgan fingerprint density at radius 3 is 2.70 bits per heavy atom. The highest BCUT2D eigenvalue weighted by Crippen LogP contribution is 2.19. The van der Waals surface area contributed by atoms with Gasteiger partial charge in [0.25, 0.3) is 0 Å². The molecule has 0 aliphatic carbocycles. The Labute approximate surface area is 123 Å². The Hall–Kier alpha value is -1.34. The van der Waals surface area contributed by atoms with E-state index in [0.29, 0.717) is 24.1 Å². The summed E-state index contributed by atoms with van der Waals surface area (Å²) in [6.45, 7) is 10.2. The second-order valence-electron chi connectivity index (χ2n) is 5.11. The molecule has 0 aliphatic heterocycles. The van der Waals surface area contributed by atoms with Crippen molar-refractivity contribution in [2.45, 2.75) is 44.7 Å².